The molecule has 18 heavy (non-hydrogen) atoms. The predicted octanol–water partition coefficient (Wildman–Crippen LogP) is 2.09. The lowest BCUT2D eigenvalue weighted by molar-refractivity contribution is 0.198. The molecular formula is C14H20FNO2. The maximum atomic E-state index is 14.0. The van der Waals surface area contributed by atoms with Gasteiger partial charge in [0.25, 0.3) is 0 Å². The second kappa shape index (κ2) is 5.67. The summed E-state index contributed by atoms with van der Waals surface area (Å²) in [6, 6.07) is 4.90. The summed E-state index contributed by atoms with van der Waals surface area (Å²) in [5.74, 6) is 0.0666. The lowest BCUT2D eigenvalue weighted by Crippen LogP contribution is -2.35. The van der Waals surface area contributed by atoms with Crippen molar-refractivity contribution in [1.82, 2.24) is 0 Å². The number of nitrogens with zero attached hydrogens (tertiary/aromatic N) is 1. The number of piperidine rings is 1. The Hall–Kier alpha value is -1.13. The third-order valence-corrected chi connectivity index (χ3v) is 3.67. The van der Waals surface area contributed by atoms with Gasteiger partial charge in [-0.1, -0.05) is 6.07 Å². The first-order valence-corrected chi connectivity index (χ1v) is 6.45. The van der Waals surface area contributed by atoms with Crippen molar-refractivity contribution in [1.29, 1.82) is 0 Å². The standard InChI is InChI=1S/C14H20FNO2/c1-10(18)12-2-3-14(13(15)8-12)16-6-4-11(9-17)5-7-16/h2-3,8,10-11,17-18H,4-7,9H2,1H3/t10-/m1/s1. The van der Waals surface area contributed by atoms with E-state index in [4.69, 9.17) is 5.11 Å². The van der Waals surface area contributed by atoms with Crippen LogP contribution in [0, 0.1) is 11.7 Å². The Bertz CT molecular complexity index is 401. The fourth-order valence-electron chi connectivity index (χ4n) is 2.40. The van der Waals surface area contributed by atoms with Crippen LogP contribution in [0.15, 0.2) is 18.2 Å². The van der Waals surface area contributed by atoms with E-state index < -0.39 is 6.10 Å². The third kappa shape index (κ3) is 2.82. The van der Waals surface area contributed by atoms with Crippen molar-refractivity contribution < 1.29 is 14.6 Å². The molecule has 1 aliphatic heterocycles. The molecule has 1 fully saturated rings. The molecule has 0 aliphatic carbocycles. The Kier molecular flexibility index (Phi) is 4.19. The van der Waals surface area contributed by atoms with Crippen LogP contribution in [0.25, 0.3) is 0 Å². The van der Waals surface area contributed by atoms with Crippen LogP contribution in [0.3, 0.4) is 0 Å². The highest BCUT2D eigenvalue weighted by Gasteiger charge is 2.21. The predicted molar refractivity (Wildman–Crippen MR) is 69.1 cm³/mol. The number of anilines is 1. The molecule has 2 rings (SSSR count). The molecule has 1 atom stereocenters. The molecule has 0 amide bonds. The maximum absolute atomic E-state index is 14.0. The molecule has 3 nitrogen and oxygen atoms in total. The molecule has 0 unspecified atom stereocenters. The van der Waals surface area contributed by atoms with Crippen molar-refractivity contribution in [2.24, 2.45) is 5.92 Å². The molecular weight excluding hydrogens is 233 g/mol. The minimum Gasteiger partial charge on any atom is -0.396 e. The number of halogens is 1. The van der Waals surface area contributed by atoms with Crippen molar-refractivity contribution >= 4 is 5.69 Å². The summed E-state index contributed by atoms with van der Waals surface area (Å²) < 4.78 is 14.0. The first-order valence-electron chi connectivity index (χ1n) is 6.45. The number of rotatable bonds is 3. The topological polar surface area (TPSA) is 43.7 Å². The molecule has 0 bridgehead atoms. The van der Waals surface area contributed by atoms with Gasteiger partial charge in [0, 0.05) is 19.7 Å². The quantitative estimate of drug-likeness (QED) is 0.867. The molecule has 1 aromatic carbocycles. The van der Waals surface area contributed by atoms with E-state index in [0.717, 1.165) is 25.9 Å². The van der Waals surface area contributed by atoms with Crippen LogP contribution in [0.4, 0.5) is 10.1 Å². The van der Waals surface area contributed by atoms with Gasteiger partial charge in [-0.15, -0.1) is 0 Å². The van der Waals surface area contributed by atoms with Gasteiger partial charge in [0.1, 0.15) is 5.82 Å². The summed E-state index contributed by atoms with van der Waals surface area (Å²) in [4.78, 5) is 2.01. The van der Waals surface area contributed by atoms with E-state index in [1.165, 1.54) is 6.07 Å². The van der Waals surface area contributed by atoms with E-state index in [1.807, 2.05) is 4.90 Å². The monoisotopic (exact) mass is 253 g/mol. The average Bonchev–Trinajstić information content (AvgIpc) is 2.38. The molecule has 0 radical (unpaired) electrons. The van der Waals surface area contributed by atoms with Gasteiger partial charge in [-0.3, -0.25) is 0 Å². The summed E-state index contributed by atoms with van der Waals surface area (Å²) in [6.45, 7) is 3.39. The average molecular weight is 253 g/mol. The molecule has 4 heteroatoms. The van der Waals surface area contributed by atoms with Crippen molar-refractivity contribution in [3.8, 4) is 0 Å². The van der Waals surface area contributed by atoms with Crippen molar-refractivity contribution in [3.05, 3.63) is 29.6 Å². The zero-order valence-corrected chi connectivity index (χ0v) is 10.6. The van der Waals surface area contributed by atoms with Gasteiger partial charge in [-0.2, -0.15) is 0 Å². The molecule has 1 heterocycles. The highest BCUT2D eigenvalue weighted by molar-refractivity contribution is 5.49. The van der Waals surface area contributed by atoms with E-state index >= 15 is 0 Å². The van der Waals surface area contributed by atoms with Gasteiger partial charge in [0.2, 0.25) is 0 Å². The molecule has 1 aliphatic rings. The number of aliphatic hydroxyl groups is 2. The first kappa shape index (κ1) is 13.3. The summed E-state index contributed by atoms with van der Waals surface area (Å²) in [5.41, 5.74) is 1.19. The number of aliphatic hydroxyl groups excluding tert-OH is 2. The van der Waals surface area contributed by atoms with Crippen LogP contribution < -0.4 is 4.90 Å². The second-order valence-electron chi connectivity index (χ2n) is 5.00. The number of hydrogen-bond acceptors (Lipinski definition) is 3. The van der Waals surface area contributed by atoms with E-state index in [2.05, 4.69) is 0 Å². The number of benzene rings is 1. The largest absolute Gasteiger partial charge is 0.396 e. The molecule has 2 N–H and O–H groups in total. The highest BCUT2D eigenvalue weighted by Crippen LogP contribution is 2.27. The van der Waals surface area contributed by atoms with Crippen molar-refractivity contribution in [2.45, 2.75) is 25.9 Å². The number of hydrogen-bond donors (Lipinski definition) is 2. The van der Waals surface area contributed by atoms with Gasteiger partial charge in [-0.25, -0.2) is 4.39 Å². The fraction of sp³-hybridized carbons (Fsp3) is 0.571. The first-order chi connectivity index (χ1) is 8.61. The van der Waals surface area contributed by atoms with Gasteiger partial charge in [-0.05, 0) is 43.4 Å². The maximum Gasteiger partial charge on any atom is 0.146 e. The lowest BCUT2D eigenvalue weighted by Gasteiger charge is -2.33. The fourth-order valence-corrected chi connectivity index (χ4v) is 2.40. The summed E-state index contributed by atoms with van der Waals surface area (Å²) in [5, 5.41) is 18.5. The Morgan fingerprint density at radius 1 is 1.39 bits per heavy atom. The van der Waals surface area contributed by atoms with Crippen molar-refractivity contribution in [3.63, 3.8) is 0 Å². The van der Waals surface area contributed by atoms with Crippen LogP contribution in [0.1, 0.15) is 31.4 Å². The van der Waals surface area contributed by atoms with Crippen LogP contribution in [0.2, 0.25) is 0 Å². The summed E-state index contributed by atoms with van der Waals surface area (Å²) >= 11 is 0. The minimum absolute atomic E-state index is 0.220. The Morgan fingerprint density at radius 2 is 2.06 bits per heavy atom. The van der Waals surface area contributed by atoms with E-state index in [0.29, 0.717) is 17.2 Å². The van der Waals surface area contributed by atoms with Crippen LogP contribution in [-0.4, -0.2) is 29.9 Å². The van der Waals surface area contributed by atoms with Crippen LogP contribution in [-0.2, 0) is 0 Å². The van der Waals surface area contributed by atoms with Gasteiger partial charge in [0.15, 0.2) is 0 Å². The second-order valence-corrected chi connectivity index (χ2v) is 5.00. The Morgan fingerprint density at radius 3 is 2.56 bits per heavy atom. The van der Waals surface area contributed by atoms with E-state index in [1.54, 1.807) is 19.1 Å². The van der Waals surface area contributed by atoms with Gasteiger partial charge >= 0.3 is 0 Å². The highest BCUT2D eigenvalue weighted by atomic mass is 19.1. The molecule has 0 saturated carbocycles. The normalized spacial score (nSPS) is 19.0. The van der Waals surface area contributed by atoms with Gasteiger partial charge < -0.3 is 15.1 Å². The summed E-state index contributed by atoms with van der Waals surface area (Å²) in [6.07, 6.45) is 1.15. The molecule has 1 saturated heterocycles. The zero-order valence-electron chi connectivity index (χ0n) is 10.6. The SMILES string of the molecule is C[C@@H](O)c1ccc(N2CCC(CO)CC2)c(F)c1. The third-order valence-electron chi connectivity index (χ3n) is 3.67. The molecule has 100 valence electrons. The smallest absolute Gasteiger partial charge is 0.146 e. The van der Waals surface area contributed by atoms with Gasteiger partial charge in [0.05, 0.1) is 11.8 Å². The molecule has 0 aromatic heterocycles. The Balaban J connectivity index is 2.10. The Labute approximate surface area is 107 Å². The zero-order chi connectivity index (χ0) is 13.1. The van der Waals surface area contributed by atoms with Crippen LogP contribution >= 0.6 is 0 Å². The van der Waals surface area contributed by atoms with E-state index in [9.17, 15) is 9.50 Å². The molecule has 0 spiro atoms. The molecule has 1 aromatic rings. The van der Waals surface area contributed by atoms with Crippen LogP contribution in [0.5, 0.6) is 0 Å². The van der Waals surface area contributed by atoms with Crippen molar-refractivity contribution in [2.75, 3.05) is 24.6 Å². The van der Waals surface area contributed by atoms with E-state index in [-0.39, 0.29) is 12.4 Å². The lowest BCUT2D eigenvalue weighted by atomic mass is 9.97. The summed E-state index contributed by atoms with van der Waals surface area (Å²) in [7, 11) is 0. The minimum atomic E-state index is -0.645.